The van der Waals surface area contributed by atoms with Gasteiger partial charge in [0.2, 0.25) is 0 Å². The summed E-state index contributed by atoms with van der Waals surface area (Å²) in [7, 11) is 0. The molecule has 0 unspecified atom stereocenters. The summed E-state index contributed by atoms with van der Waals surface area (Å²) >= 11 is 1.29. The maximum absolute atomic E-state index is 13.8. The molecule has 0 aliphatic rings. The van der Waals surface area contributed by atoms with Crippen molar-refractivity contribution >= 4 is 11.3 Å². The molecule has 0 radical (unpaired) electrons. The minimum absolute atomic E-state index is 0.00868. The van der Waals surface area contributed by atoms with Crippen molar-refractivity contribution in [1.82, 2.24) is 5.32 Å². The van der Waals surface area contributed by atoms with E-state index in [1.54, 1.807) is 12.1 Å². The first kappa shape index (κ1) is 16.0. The smallest absolute Gasteiger partial charge is 0.310 e. The Labute approximate surface area is 124 Å². The third-order valence-corrected chi connectivity index (χ3v) is 4.02. The molecule has 1 aromatic carbocycles. The van der Waals surface area contributed by atoms with Gasteiger partial charge in [0.25, 0.3) is 0 Å². The molecule has 0 aliphatic carbocycles. The number of hydrogen-bond acceptors (Lipinski definition) is 2. The molecule has 1 aromatic heterocycles. The van der Waals surface area contributed by atoms with Crippen molar-refractivity contribution in [2.24, 2.45) is 0 Å². The van der Waals surface area contributed by atoms with E-state index >= 15 is 0 Å². The van der Waals surface area contributed by atoms with Crippen LogP contribution in [0.3, 0.4) is 0 Å². The van der Waals surface area contributed by atoms with Gasteiger partial charge in [0.05, 0.1) is 5.56 Å². The molecule has 2 rings (SSSR count). The van der Waals surface area contributed by atoms with Gasteiger partial charge in [-0.05, 0) is 30.3 Å². The van der Waals surface area contributed by atoms with E-state index in [9.17, 15) is 17.6 Å². The Bertz CT molecular complexity index is 616. The molecule has 2 aromatic rings. The lowest BCUT2D eigenvalue weighted by molar-refractivity contribution is -0.137. The van der Waals surface area contributed by atoms with Crippen molar-refractivity contribution in [3.8, 4) is 10.4 Å². The molecule has 1 nitrogen and oxygen atoms in total. The highest BCUT2D eigenvalue weighted by atomic mass is 32.1. The van der Waals surface area contributed by atoms with E-state index in [-0.39, 0.29) is 5.56 Å². The van der Waals surface area contributed by atoms with Gasteiger partial charge < -0.3 is 5.32 Å². The quantitative estimate of drug-likeness (QED) is 0.776. The lowest BCUT2D eigenvalue weighted by atomic mass is 10.1. The van der Waals surface area contributed by atoms with Gasteiger partial charge in [0.1, 0.15) is 5.82 Å². The minimum Gasteiger partial charge on any atom is -0.310 e. The first-order chi connectivity index (χ1) is 9.77. The maximum Gasteiger partial charge on any atom is 0.416 e. The average molecular weight is 317 g/mol. The van der Waals surface area contributed by atoms with E-state index in [1.165, 1.54) is 11.3 Å². The summed E-state index contributed by atoms with van der Waals surface area (Å²) in [6.45, 7) is 4.62. The van der Waals surface area contributed by atoms with Crippen molar-refractivity contribution in [2.75, 3.05) is 0 Å². The van der Waals surface area contributed by atoms with E-state index in [4.69, 9.17) is 0 Å². The molecule has 0 atom stereocenters. The van der Waals surface area contributed by atoms with Crippen LogP contribution in [0.25, 0.3) is 10.4 Å². The summed E-state index contributed by atoms with van der Waals surface area (Å²) in [5.74, 6) is -0.645. The summed E-state index contributed by atoms with van der Waals surface area (Å²) in [5.41, 5.74) is -0.847. The summed E-state index contributed by atoms with van der Waals surface area (Å²) in [5, 5.41) is 3.21. The molecule has 0 amide bonds. The zero-order chi connectivity index (χ0) is 15.6. The van der Waals surface area contributed by atoms with Crippen molar-refractivity contribution in [1.29, 1.82) is 0 Å². The lowest BCUT2D eigenvalue weighted by Crippen LogP contribution is -2.21. The van der Waals surface area contributed by atoms with Crippen molar-refractivity contribution in [3.63, 3.8) is 0 Å². The Hall–Kier alpha value is -1.40. The van der Waals surface area contributed by atoms with Gasteiger partial charge in [-0.15, -0.1) is 11.3 Å². The number of thiophene rings is 1. The molecule has 0 bridgehead atoms. The number of hydrogen-bond donors (Lipinski definition) is 1. The number of nitrogens with one attached hydrogen (secondary N) is 1. The molecular weight excluding hydrogens is 302 g/mol. The van der Waals surface area contributed by atoms with Crippen LogP contribution in [0, 0.1) is 5.82 Å². The average Bonchev–Trinajstić information content (AvgIpc) is 2.84. The fourth-order valence-electron chi connectivity index (χ4n) is 1.81. The van der Waals surface area contributed by atoms with Crippen molar-refractivity contribution in [3.05, 3.63) is 46.6 Å². The molecule has 21 heavy (non-hydrogen) atoms. The first-order valence-corrected chi connectivity index (χ1v) is 7.28. The topological polar surface area (TPSA) is 12.0 Å². The second-order valence-electron chi connectivity index (χ2n) is 4.99. The van der Waals surface area contributed by atoms with Crippen molar-refractivity contribution in [2.45, 2.75) is 32.6 Å². The molecule has 0 saturated carbocycles. The Morgan fingerprint density at radius 1 is 1.14 bits per heavy atom. The Kier molecular flexibility index (Phi) is 4.68. The fraction of sp³-hybridized carbons (Fsp3) is 0.333. The van der Waals surface area contributed by atoms with Gasteiger partial charge in [0, 0.05) is 27.9 Å². The second kappa shape index (κ2) is 6.15. The zero-order valence-electron chi connectivity index (χ0n) is 11.6. The highest BCUT2D eigenvalue weighted by Gasteiger charge is 2.31. The predicted octanol–water partition coefficient (Wildman–Crippen LogP) is 5.07. The minimum atomic E-state index is -4.47. The molecule has 0 fully saturated rings. The summed E-state index contributed by atoms with van der Waals surface area (Å²) in [6.07, 6.45) is -4.47. The van der Waals surface area contributed by atoms with Gasteiger partial charge in [-0.2, -0.15) is 13.2 Å². The maximum atomic E-state index is 13.8. The van der Waals surface area contributed by atoms with E-state index in [0.717, 1.165) is 23.1 Å². The van der Waals surface area contributed by atoms with Crippen LogP contribution in [0.2, 0.25) is 0 Å². The molecule has 1 N–H and O–H groups in total. The predicted molar refractivity (Wildman–Crippen MR) is 76.7 cm³/mol. The summed E-state index contributed by atoms with van der Waals surface area (Å²) < 4.78 is 51.9. The Morgan fingerprint density at radius 2 is 1.86 bits per heavy atom. The van der Waals surface area contributed by atoms with Gasteiger partial charge in [-0.3, -0.25) is 0 Å². The van der Waals surface area contributed by atoms with E-state index in [1.807, 2.05) is 13.8 Å². The van der Waals surface area contributed by atoms with Crippen LogP contribution in [-0.2, 0) is 12.7 Å². The van der Waals surface area contributed by atoms with Crippen molar-refractivity contribution < 1.29 is 17.6 Å². The van der Waals surface area contributed by atoms with E-state index in [2.05, 4.69) is 5.32 Å². The molecule has 0 saturated heterocycles. The molecular formula is C15H15F4NS. The van der Waals surface area contributed by atoms with Crippen LogP contribution in [0.5, 0.6) is 0 Å². The number of halogens is 4. The van der Waals surface area contributed by atoms with Crippen LogP contribution >= 0.6 is 11.3 Å². The number of rotatable bonds is 4. The number of benzene rings is 1. The van der Waals surface area contributed by atoms with Gasteiger partial charge in [0.15, 0.2) is 0 Å². The van der Waals surface area contributed by atoms with Gasteiger partial charge in [-0.25, -0.2) is 4.39 Å². The zero-order valence-corrected chi connectivity index (χ0v) is 12.4. The monoisotopic (exact) mass is 317 g/mol. The fourth-order valence-corrected chi connectivity index (χ4v) is 2.79. The highest BCUT2D eigenvalue weighted by molar-refractivity contribution is 7.15. The molecule has 1 heterocycles. The normalized spacial score (nSPS) is 12.1. The summed E-state index contributed by atoms with van der Waals surface area (Å²) in [4.78, 5) is 1.45. The Balaban J connectivity index is 2.29. The SMILES string of the molecule is CC(C)NCc1ccc(-c2cc(C(F)(F)F)ccc2F)s1. The first-order valence-electron chi connectivity index (χ1n) is 6.46. The van der Waals surface area contributed by atoms with Crippen LogP contribution in [0.15, 0.2) is 30.3 Å². The molecule has 0 spiro atoms. The third-order valence-electron chi connectivity index (χ3n) is 2.91. The largest absolute Gasteiger partial charge is 0.416 e. The Morgan fingerprint density at radius 3 is 2.48 bits per heavy atom. The highest BCUT2D eigenvalue weighted by Crippen LogP contribution is 2.36. The summed E-state index contributed by atoms with van der Waals surface area (Å²) in [6, 6.07) is 6.24. The van der Waals surface area contributed by atoms with Gasteiger partial charge >= 0.3 is 6.18 Å². The number of alkyl halides is 3. The van der Waals surface area contributed by atoms with Crippen LogP contribution in [0.4, 0.5) is 17.6 Å². The molecule has 114 valence electrons. The van der Waals surface area contributed by atoms with Gasteiger partial charge in [-0.1, -0.05) is 13.8 Å². The molecule has 6 heteroatoms. The lowest BCUT2D eigenvalue weighted by Gasteiger charge is -2.09. The van der Waals surface area contributed by atoms with Crippen LogP contribution in [0.1, 0.15) is 24.3 Å². The third kappa shape index (κ3) is 4.04. The van der Waals surface area contributed by atoms with E-state index < -0.39 is 17.6 Å². The van der Waals surface area contributed by atoms with Crippen LogP contribution < -0.4 is 5.32 Å². The van der Waals surface area contributed by atoms with E-state index in [0.29, 0.717) is 17.5 Å². The second-order valence-corrected chi connectivity index (χ2v) is 6.16. The standard InChI is InChI=1S/C15H15F4NS/c1-9(2)20-8-11-4-6-14(21-11)12-7-10(15(17,18)19)3-5-13(12)16/h3-7,9,20H,8H2,1-2H3. The van der Waals surface area contributed by atoms with Crippen LogP contribution in [-0.4, -0.2) is 6.04 Å². The molecule has 0 aliphatic heterocycles.